The molecule has 3 N–H and O–H groups in total. The standard InChI is InChI=1S/C12H20N2/c1-3-7-10(4-2)14-12-9-6-5-8-11(12)13/h5-6,8-10,14H,3-4,7,13H2,1-2H3. The van der Waals surface area contributed by atoms with E-state index >= 15 is 0 Å². The molecule has 1 rings (SSSR count). The van der Waals surface area contributed by atoms with Gasteiger partial charge in [-0.3, -0.25) is 0 Å². The minimum Gasteiger partial charge on any atom is -0.397 e. The Labute approximate surface area is 86.5 Å². The second-order valence-electron chi connectivity index (χ2n) is 3.63. The predicted molar refractivity (Wildman–Crippen MR) is 63.5 cm³/mol. The number of nitrogens with two attached hydrogens (primary N) is 1. The molecule has 0 saturated heterocycles. The average molecular weight is 192 g/mol. The maximum Gasteiger partial charge on any atom is 0.0576 e. The molecule has 0 aliphatic carbocycles. The van der Waals surface area contributed by atoms with Crippen molar-refractivity contribution < 1.29 is 0 Å². The third kappa shape index (κ3) is 2.95. The van der Waals surface area contributed by atoms with Gasteiger partial charge >= 0.3 is 0 Å². The van der Waals surface area contributed by atoms with Gasteiger partial charge in [0.05, 0.1) is 11.4 Å². The normalized spacial score (nSPS) is 12.4. The number of anilines is 2. The smallest absolute Gasteiger partial charge is 0.0576 e. The first-order valence-corrected chi connectivity index (χ1v) is 5.39. The van der Waals surface area contributed by atoms with E-state index < -0.39 is 0 Å². The SMILES string of the molecule is CCCC(CC)Nc1ccccc1N. The Morgan fingerprint density at radius 1 is 1.29 bits per heavy atom. The van der Waals surface area contributed by atoms with Crippen molar-refractivity contribution in [3.63, 3.8) is 0 Å². The molecule has 1 atom stereocenters. The van der Waals surface area contributed by atoms with Gasteiger partial charge in [0.2, 0.25) is 0 Å². The van der Waals surface area contributed by atoms with Gasteiger partial charge in [0.1, 0.15) is 0 Å². The summed E-state index contributed by atoms with van der Waals surface area (Å²) < 4.78 is 0. The molecule has 0 radical (unpaired) electrons. The monoisotopic (exact) mass is 192 g/mol. The quantitative estimate of drug-likeness (QED) is 0.703. The summed E-state index contributed by atoms with van der Waals surface area (Å²) >= 11 is 0. The Hall–Kier alpha value is -1.18. The van der Waals surface area contributed by atoms with E-state index in [4.69, 9.17) is 5.73 Å². The fraction of sp³-hybridized carbons (Fsp3) is 0.500. The molecule has 0 bridgehead atoms. The second-order valence-corrected chi connectivity index (χ2v) is 3.63. The molecule has 14 heavy (non-hydrogen) atoms. The highest BCUT2D eigenvalue weighted by Gasteiger charge is 2.05. The molecule has 2 heteroatoms. The van der Waals surface area contributed by atoms with Gasteiger partial charge in [-0.2, -0.15) is 0 Å². The first-order chi connectivity index (χ1) is 6.77. The molecule has 0 aliphatic rings. The first kappa shape index (κ1) is 10.9. The van der Waals surface area contributed by atoms with E-state index in [1.54, 1.807) is 0 Å². The van der Waals surface area contributed by atoms with Crippen LogP contribution in [0.25, 0.3) is 0 Å². The number of nitrogens with one attached hydrogen (secondary N) is 1. The van der Waals surface area contributed by atoms with E-state index in [0.29, 0.717) is 6.04 Å². The van der Waals surface area contributed by atoms with Gasteiger partial charge in [0.15, 0.2) is 0 Å². The van der Waals surface area contributed by atoms with E-state index in [9.17, 15) is 0 Å². The Kier molecular flexibility index (Phi) is 4.30. The summed E-state index contributed by atoms with van der Waals surface area (Å²) in [6.07, 6.45) is 3.55. The van der Waals surface area contributed by atoms with Gasteiger partial charge in [-0.25, -0.2) is 0 Å². The number of hydrogen-bond acceptors (Lipinski definition) is 2. The summed E-state index contributed by atoms with van der Waals surface area (Å²) in [5, 5.41) is 3.47. The molecule has 1 unspecified atom stereocenters. The van der Waals surface area contributed by atoms with Crippen LogP contribution in [-0.4, -0.2) is 6.04 Å². The molecule has 2 nitrogen and oxygen atoms in total. The first-order valence-electron chi connectivity index (χ1n) is 5.39. The highest BCUT2D eigenvalue weighted by molar-refractivity contribution is 5.65. The topological polar surface area (TPSA) is 38.0 Å². The van der Waals surface area contributed by atoms with Crippen LogP contribution in [0.15, 0.2) is 24.3 Å². The van der Waals surface area contributed by atoms with E-state index in [1.807, 2.05) is 24.3 Å². The number of para-hydroxylation sites is 2. The van der Waals surface area contributed by atoms with Gasteiger partial charge in [0.25, 0.3) is 0 Å². The summed E-state index contributed by atoms with van der Waals surface area (Å²) in [5.41, 5.74) is 7.76. The Bertz CT molecular complexity index is 271. The van der Waals surface area contributed by atoms with Crippen molar-refractivity contribution in [2.75, 3.05) is 11.1 Å². The fourth-order valence-corrected chi connectivity index (χ4v) is 1.58. The number of nitrogen functional groups attached to an aromatic ring is 1. The van der Waals surface area contributed by atoms with Crippen molar-refractivity contribution in [1.29, 1.82) is 0 Å². The van der Waals surface area contributed by atoms with Crippen molar-refractivity contribution in [3.05, 3.63) is 24.3 Å². The van der Waals surface area contributed by atoms with Crippen molar-refractivity contribution >= 4 is 11.4 Å². The largest absolute Gasteiger partial charge is 0.397 e. The Balaban J connectivity index is 2.62. The third-order valence-corrected chi connectivity index (χ3v) is 2.45. The van der Waals surface area contributed by atoms with E-state index in [-0.39, 0.29) is 0 Å². The minimum absolute atomic E-state index is 0.546. The molecule has 78 valence electrons. The molecule has 0 amide bonds. The summed E-state index contributed by atoms with van der Waals surface area (Å²) in [6.45, 7) is 4.41. The minimum atomic E-state index is 0.546. The number of benzene rings is 1. The maximum atomic E-state index is 5.86. The lowest BCUT2D eigenvalue weighted by Crippen LogP contribution is -2.18. The van der Waals surface area contributed by atoms with Crippen molar-refractivity contribution in [2.24, 2.45) is 0 Å². The number of hydrogen-bond donors (Lipinski definition) is 2. The highest BCUT2D eigenvalue weighted by Crippen LogP contribution is 2.19. The predicted octanol–water partition coefficient (Wildman–Crippen LogP) is 3.26. The molecule has 1 aromatic carbocycles. The lowest BCUT2D eigenvalue weighted by molar-refractivity contribution is 0.623. The van der Waals surface area contributed by atoms with Crippen LogP contribution in [0.2, 0.25) is 0 Å². The van der Waals surface area contributed by atoms with Crippen LogP contribution in [0.4, 0.5) is 11.4 Å². The molecular weight excluding hydrogens is 172 g/mol. The molecule has 0 heterocycles. The molecule has 0 aliphatic heterocycles. The van der Waals surface area contributed by atoms with Gasteiger partial charge in [-0.15, -0.1) is 0 Å². The van der Waals surface area contributed by atoms with Crippen molar-refractivity contribution in [1.82, 2.24) is 0 Å². The number of rotatable bonds is 5. The zero-order valence-corrected chi connectivity index (χ0v) is 9.09. The summed E-state index contributed by atoms with van der Waals surface area (Å²) in [5.74, 6) is 0. The highest BCUT2D eigenvalue weighted by atomic mass is 14.9. The summed E-state index contributed by atoms with van der Waals surface area (Å²) in [7, 11) is 0. The Morgan fingerprint density at radius 3 is 2.57 bits per heavy atom. The molecule has 1 aromatic rings. The van der Waals surface area contributed by atoms with E-state index in [0.717, 1.165) is 17.8 Å². The van der Waals surface area contributed by atoms with Crippen molar-refractivity contribution in [2.45, 2.75) is 39.2 Å². The second kappa shape index (κ2) is 5.53. The van der Waals surface area contributed by atoms with Crippen LogP contribution in [0.5, 0.6) is 0 Å². The molecular formula is C12H20N2. The van der Waals surface area contributed by atoms with Gasteiger partial charge in [0, 0.05) is 6.04 Å². The van der Waals surface area contributed by atoms with Crippen LogP contribution in [0, 0.1) is 0 Å². The summed E-state index contributed by atoms with van der Waals surface area (Å²) in [4.78, 5) is 0. The van der Waals surface area contributed by atoms with Crippen LogP contribution >= 0.6 is 0 Å². The van der Waals surface area contributed by atoms with Crippen LogP contribution < -0.4 is 11.1 Å². The molecule has 0 aromatic heterocycles. The van der Waals surface area contributed by atoms with Crippen LogP contribution in [0.1, 0.15) is 33.1 Å². The molecule has 0 fully saturated rings. The lowest BCUT2D eigenvalue weighted by Gasteiger charge is -2.18. The fourth-order valence-electron chi connectivity index (χ4n) is 1.58. The zero-order chi connectivity index (χ0) is 10.4. The maximum absolute atomic E-state index is 5.86. The van der Waals surface area contributed by atoms with Crippen LogP contribution in [-0.2, 0) is 0 Å². The van der Waals surface area contributed by atoms with E-state index in [1.165, 1.54) is 12.8 Å². The zero-order valence-electron chi connectivity index (χ0n) is 9.09. The third-order valence-electron chi connectivity index (χ3n) is 2.45. The lowest BCUT2D eigenvalue weighted by atomic mass is 10.1. The Morgan fingerprint density at radius 2 is 2.00 bits per heavy atom. The van der Waals surface area contributed by atoms with Gasteiger partial charge in [-0.05, 0) is 25.0 Å². The summed E-state index contributed by atoms with van der Waals surface area (Å²) in [6, 6.07) is 8.48. The van der Waals surface area contributed by atoms with Gasteiger partial charge < -0.3 is 11.1 Å². The van der Waals surface area contributed by atoms with Gasteiger partial charge in [-0.1, -0.05) is 32.4 Å². The van der Waals surface area contributed by atoms with Crippen molar-refractivity contribution in [3.8, 4) is 0 Å². The molecule has 0 saturated carbocycles. The van der Waals surface area contributed by atoms with Crippen LogP contribution in [0.3, 0.4) is 0 Å². The molecule has 0 spiro atoms. The average Bonchev–Trinajstić information content (AvgIpc) is 2.20. The van der Waals surface area contributed by atoms with E-state index in [2.05, 4.69) is 19.2 Å².